The highest BCUT2D eigenvalue weighted by Gasteiger charge is 2.27. The van der Waals surface area contributed by atoms with E-state index < -0.39 is 40.0 Å². The predicted octanol–water partition coefficient (Wildman–Crippen LogP) is 4.70. The minimum Gasteiger partial charge on any atom is -0.449 e. The van der Waals surface area contributed by atoms with Crippen molar-refractivity contribution < 1.29 is 29.0 Å². The van der Waals surface area contributed by atoms with Crippen LogP contribution in [0.25, 0.3) is 0 Å². The molecule has 1 N–H and O–H groups in total. The molecule has 184 valence electrons. The zero-order valence-electron chi connectivity index (χ0n) is 19.1. The molecule has 0 fully saturated rings. The van der Waals surface area contributed by atoms with Gasteiger partial charge in [0.05, 0.1) is 16.3 Å². The Morgan fingerprint density at radius 1 is 0.889 bits per heavy atom. The molecule has 0 saturated heterocycles. The van der Waals surface area contributed by atoms with Gasteiger partial charge in [0, 0.05) is 35.7 Å². The third-order valence-corrected chi connectivity index (χ3v) is 5.13. The van der Waals surface area contributed by atoms with Gasteiger partial charge in [-0.2, -0.15) is 0 Å². The van der Waals surface area contributed by atoms with Crippen molar-refractivity contribution in [3.8, 4) is 0 Å². The fourth-order valence-electron chi connectivity index (χ4n) is 3.31. The monoisotopic (exact) mass is 491 g/mol. The second kappa shape index (κ2) is 11.5. The van der Waals surface area contributed by atoms with Crippen molar-refractivity contribution in [2.75, 3.05) is 5.32 Å². The zero-order chi connectivity index (χ0) is 26.2. The summed E-state index contributed by atoms with van der Waals surface area (Å²) in [6.07, 6.45) is -2.14. The number of anilines is 1. The van der Waals surface area contributed by atoms with Crippen molar-refractivity contribution in [1.82, 2.24) is 0 Å². The van der Waals surface area contributed by atoms with E-state index >= 15 is 0 Å². The number of rotatable bonds is 10. The van der Waals surface area contributed by atoms with Crippen molar-refractivity contribution in [3.63, 3.8) is 0 Å². The van der Waals surface area contributed by atoms with Gasteiger partial charge in [0.25, 0.3) is 11.4 Å². The summed E-state index contributed by atoms with van der Waals surface area (Å²) in [6.45, 7) is 1.67. The number of nitro groups is 2. The summed E-state index contributed by atoms with van der Waals surface area (Å²) >= 11 is 0. The summed E-state index contributed by atoms with van der Waals surface area (Å²) in [7, 11) is 0. The Kier molecular flexibility index (Phi) is 8.18. The molecule has 36 heavy (non-hydrogen) atoms. The molecule has 0 radical (unpaired) electrons. The number of benzene rings is 3. The van der Waals surface area contributed by atoms with E-state index in [0.717, 1.165) is 0 Å². The fourth-order valence-corrected chi connectivity index (χ4v) is 3.31. The molecule has 3 aromatic rings. The van der Waals surface area contributed by atoms with Gasteiger partial charge >= 0.3 is 5.97 Å². The number of ether oxygens (including phenoxy) is 1. The van der Waals surface area contributed by atoms with Crippen LogP contribution in [0, 0.1) is 27.2 Å². The number of ketones is 1. The van der Waals surface area contributed by atoms with Crippen LogP contribution in [0.2, 0.25) is 0 Å². The maximum absolute atomic E-state index is 13.1. The van der Waals surface area contributed by atoms with E-state index in [9.17, 15) is 34.6 Å². The van der Waals surface area contributed by atoms with Crippen molar-refractivity contribution in [3.05, 3.63) is 110 Å². The number of aryl methyl sites for hydroxylation is 1. The van der Waals surface area contributed by atoms with Crippen LogP contribution in [0.4, 0.5) is 17.1 Å². The zero-order valence-corrected chi connectivity index (χ0v) is 19.1. The van der Waals surface area contributed by atoms with Crippen molar-refractivity contribution in [1.29, 1.82) is 0 Å². The Hall–Kier alpha value is -4.93. The number of carbonyl (C=O) groups is 3. The highest BCUT2D eigenvalue weighted by atomic mass is 16.6. The van der Waals surface area contributed by atoms with Crippen LogP contribution in [-0.2, 0) is 14.3 Å². The molecule has 1 atom stereocenters. The van der Waals surface area contributed by atoms with Gasteiger partial charge in [-0.3, -0.25) is 34.6 Å². The van der Waals surface area contributed by atoms with E-state index in [1.54, 1.807) is 31.2 Å². The molecular weight excluding hydrogens is 470 g/mol. The first-order chi connectivity index (χ1) is 17.2. The average molecular weight is 491 g/mol. The van der Waals surface area contributed by atoms with Crippen LogP contribution in [-0.4, -0.2) is 27.5 Å². The molecule has 0 unspecified atom stereocenters. The summed E-state index contributed by atoms with van der Waals surface area (Å²) in [5, 5.41) is 24.6. The molecule has 11 nitrogen and oxygen atoms in total. The first kappa shape index (κ1) is 25.7. The third kappa shape index (κ3) is 6.56. The van der Waals surface area contributed by atoms with E-state index in [0.29, 0.717) is 5.56 Å². The molecule has 1 amide bonds. The number of nitrogens with zero attached hydrogens (tertiary/aromatic N) is 2. The van der Waals surface area contributed by atoms with Crippen LogP contribution >= 0.6 is 0 Å². The summed E-state index contributed by atoms with van der Waals surface area (Å²) in [6, 6.07) is 17.4. The molecule has 0 heterocycles. The lowest BCUT2D eigenvalue weighted by Gasteiger charge is -2.17. The normalized spacial score (nSPS) is 11.2. The Labute approximate surface area is 205 Å². The number of nitrogens with one attached hydrogen (secondary N) is 1. The Bertz CT molecular complexity index is 1310. The summed E-state index contributed by atoms with van der Waals surface area (Å²) in [5.41, 5.74) is 0.645. The van der Waals surface area contributed by atoms with Crippen LogP contribution in [0.3, 0.4) is 0 Å². The summed E-state index contributed by atoms with van der Waals surface area (Å²) in [4.78, 5) is 58.9. The van der Waals surface area contributed by atoms with E-state index in [2.05, 4.69) is 5.32 Å². The second-order valence-corrected chi connectivity index (χ2v) is 7.77. The lowest BCUT2D eigenvalue weighted by atomic mass is 9.99. The van der Waals surface area contributed by atoms with Gasteiger partial charge in [-0.15, -0.1) is 0 Å². The van der Waals surface area contributed by atoms with Crippen LogP contribution in [0.5, 0.6) is 0 Å². The van der Waals surface area contributed by atoms with Crippen molar-refractivity contribution in [2.45, 2.75) is 25.9 Å². The average Bonchev–Trinajstić information content (AvgIpc) is 2.87. The topological polar surface area (TPSA) is 159 Å². The maximum Gasteiger partial charge on any atom is 0.307 e. The minimum atomic E-state index is -1.39. The van der Waals surface area contributed by atoms with Gasteiger partial charge in [0.1, 0.15) is 5.69 Å². The number of esters is 1. The SMILES string of the molecule is Cc1ccc(NC(=O)CCC(=O)O[C@@H](C(=O)c2ccccc2)c2ccc([N+](=O)[O-])cc2)c([N+](=O)[O-])c1. The Morgan fingerprint density at radius 2 is 1.56 bits per heavy atom. The lowest BCUT2D eigenvalue weighted by Crippen LogP contribution is -2.21. The molecule has 11 heteroatoms. The van der Waals surface area contributed by atoms with Gasteiger partial charge in [-0.1, -0.05) is 36.4 Å². The van der Waals surface area contributed by atoms with Crippen molar-refractivity contribution in [2.24, 2.45) is 0 Å². The number of hydrogen-bond donors (Lipinski definition) is 1. The lowest BCUT2D eigenvalue weighted by molar-refractivity contribution is -0.384. The largest absolute Gasteiger partial charge is 0.449 e. The number of non-ortho nitro benzene ring substituents is 1. The maximum atomic E-state index is 13.1. The first-order valence-corrected chi connectivity index (χ1v) is 10.7. The van der Waals surface area contributed by atoms with Gasteiger partial charge in [-0.05, 0) is 30.7 Å². The second-order valence-electron chi connectivity index (χ2n) is 7.77. The number of Topliss-reactive ketones (excluding diaryl/α,β-unsaturated/α-hetero) is 1. The minimum absolute atomic E-state index is 0.00743. The van der Waals surface area contributed by atoms with Gasteiger partial charge < -0.3 is 10.1 Å². The van der Waals surface area contributed by atoms with Gasteiger partial charge in [-0.25, -0.2) is 0 Å². The smallest absolute Gasteiger partial charge is 0.307 e. The molecule has 0 aliphatic rings. The molecule has 0 aliphatic carbocycles. The number of carbonyl (C=O) groups excluding carboxylic acids is 3. The van der Waals surface area contributed by atoms with Crippen molar-refractivity contribution >= 4 is 34.7 Å². The van der Waals surface area contributed by atoms with Gasteiger partial charge in [0.2, 0.25) is 11.7 Å². The number of amides is 1. The fraction of sp³-hybridized carbons (Fsp3) is 0.160. The molecule has 0 aromatic heterocycles. The predicted molar refractivity (Wildman–Crippen MR) is 128 cm³/mol. The summed E-state index contributed by atoms with van der Waals surface area (Å²) < 4.78 is 5.38. The van der Waals surface area contributed by atoms with E-state index in [1.165, 1.54) is 48.5 Å². The Morgan fingerprint density at radius 3 is 2.17 bits per heavy atom. The van der Waals surface area contributed by atoms with E-state index in [-0.39, 0.29) is 34.6 Å². The van der Waals surface area contributed by atoms with Crippen LogP contribution in [0.15, 0.2) is 72.8 Å². The third-order valence-electron chi connectivity index (χ3n) is 5.13. The first-order valence-electron chi connectivity index (χ1n) is 10.7. The van der Waals surface area contributed by atoms with Crippen LogP contribution in [0.1, 0.15) is 40.4 Å². The number of hydrogen-bond acceptors (Lipinski definition) is 8. The quantitative estimate of drug-likeness (QED) is 0.185. The molecule has 0 aliphatic heterocycles. The molecule has 0 bridgehead atoms. The standard InChI is InChI=1S/C25H21N3O8/c1-16-7-12-20(21(15-16)28(34)35)26-22(29)13-14-23(30)36-25(24(31)17-5-3-2-4-6-17)18-8-10-19(11-9-18)27(32)33/h2-12,15,25H,13-14H2,1H3,(H,26,29)/t25-/m1/s1. The van der Waals surface area contributed by atoms with Gasteiger partial charge in [0.15, 0.2) is 6.10 Å². The van der Waals surface area contributed by atoms with E-state index in [1.807, 2.05) is 0 Å². The molecule has 0 spiro atoms. The van der Waals surface area contributed by atoms with E-state index in [4.69, 9.17) is 4.74 Å². The Balaban J connectivity index is 1.71. The van der Waals surface area contributed by atoms with Crippen LogP contribution < -0.4 is 5.32 Å². The highest BCUT2D eigenvalue weighted by molar-refractivity contribution is 6.01. The molecule has 0 saturated carbocycles. The molecule has 3 rings (SSSR count). The molecule has 3 aromatic carbocycles. The highest BCUT2D eigenvalue weighted by Crippen LogP contribution is 2.27. The number of nitro benzene ring substituents is 2. The molecular formula is C25H21N3O8. The summed E-state index contributed by atoms with van der Waals surface area (Å²) in [5.74, 6) is -2.06.